The van der Waals surface area contributed by atoms with Gasteiger partial charge in [0, 0.05) is 0 Å². The summed E-state index contributed by atoms with van der Waals surface area (Å²) in [7, 11) is 0. The summed E-state index contributed by atoms with van der Waals surface area (Å²) in [6.07, 6.45) is 9.64. The molecule has 2 heterocycles. The van der Waals surface area contributed by atoms with Gasteiger partial charge in [0.2, 0.25) is 0 Å². The smallest absolute Gasteiger partial charge is 0.250 e. The lowest BCUT2D eigenvalue weighted by Gasteiger charge is -2.20. The lowest BCUT2D eigenvalue weighted by molar-refractivity contribution is -0.120. The Hall–Kier alpha value is -2.20. The second-order valence-electron chi connectivity index (χ2n) is 6.52. The summed E-state index contributed by atoms with van der Waals surface area (Å²) in [4.78, 5) is 25.1. The molecule has 1 N–H and O–H groups in total. The molecule has 0 aliphatic heterocycles. The number of carbonyl (C=O) groups excluding carboxylic acids is 1. The highest BCUT2D eigenvalue weighted by Gasteiger charge is 2.28. The van der Waals surface area contributed by atoms with Crippen LogP contribution in [0, 0.1) is 12.8 Å². The lowest BCUT2D eigenvalue weighted by atomic mass is 9.98. The van der Waals surface area contributed by atoms with Crippen LogP contribution in [0.2, 0.25) is 0 Å². The molecule has 10 heteroatoms. The van der Waals surface area contributed by atoms with Crippen molar-refractivity contribution in [2.45, 2.75) is 50.8 Å². The van der Waals surface area contributed by atoms with Gasteiger partial charge in [-0.2, -0.15) is 5.10 Å². The summed E-state index contributed by atoms with van der Waals surface area (Å²) in [5.41, 5.74) is 0.761. The molecule has 0 bridgehead atoms. The van der Waals surface area contributed by atoms with E-state index in [9.17, 15) is 13.6 Å². The molecule has 3 rings (SSSR count). The van der Waals surface area contributed by atoms with E-state index in [-0.39, 0.29) is 17.5 Å². The van der Waals surface area contributed by atoms with E-state index < -0.39 is 17.1 Å². The van der Waals surface area contributed by atoms with Gasteiger partial charge < -0.3 is 9.87 Å². The third kappa shape index (κ3) is 4.92. The number of hydrogen-bond acceptors (Lipinski definition) is 7. The lowest BCUT2D eigenvalue weighted by Crippen LogP contribution is -2.28. The van der Waals surface area contributed by atoms with Crippen LogP contribution in [0.15, 0.2) is 18.7 Å². The molecule has 2 aromatic rings. The topological polar surface area (TPSA) is 126 Å². The number of hydrogen-bond donors (Lipinski definition) is 1. The zero-order valence-corrected chi connectivity index (χ0v) is 15.3. The molecule has 0 spiro atoms. The molecule has 1 saturated carbocycles. The summed E-state index contributed by atoms with van der Waals surface area (Å²) >= 11 is -2.27. The third-order valence-electron chi connectivity index (χ3n) is 4.49. The summed E-state index contributed by atoms with van der Waals surface area (Å²) < 4.78 is 23.1. The minimum atomic E-state index is -2.27. The maximum atomic E-state index is 12.8. The fourth-order valence-electron chi connectivity index (χ4n) is 3.20. The minimum absolute atomic E-state index is 0.178. The highest BCUT2D eigenvalue weighted by molar-refractivity contribution is 7.78. The molecule has 26 heavy (non-hydrogen) atoms. The van der Waals surface area contributed by atoms with Crippen LogP contribution in [0.1, 0.15) is 49.7 Å². The van der Waals surface area contributed by atoms with E-state index >= 15 is 0 Å². The Morgan fingerprint density at radius 2 is 2.12 bits per heavy atom. The maximum Gasteiger partial charge on any atom is 0.250 e. The Bertz CT molecular complexity index is 773. The molecule has 1 amide bonds. The number of rotatable bonds is 7. The van der Waals surface area contributed by atoms with E-state index in [2.05, 4.69) is 25.4 Å². The number of amides is 1. The average molecular weight is 377 g/mol. The predicted octanol–water partition coefficient (Wildman–Crippen LogP) is 1.52. The fraction of sp³-hybridized carbons (Fsp3) is 0.562. The van der Waals surface area contributed by atoms with Crippen LogP contribution in [-0.4, -0.2) is 39.4 Å². The van der Waals surface area contributed by atoms with E-state index in [0.717, 1.165) is 18.5 Å². The van der Waals surface area contributed by atoms with Crippen molar-refractivity contribution < 1.29 is 13.6 Å². The Balaban J connectivity index is 1.77. The summed E-state index contributed by atoms with van der Waals surface area (Å²) in [5.74, 6) is 0.468. The molecule has 0 radical (unpaired) electrons. The first kappa shape index (κ1) is 18.6. The Morgan fingerprint density at radius 3 is 2.77 bits per heavy atom. The Kier molecular flexibility index (Phi) is 6.04. The molecule has 1 aliphatic rings. The van der Waals surface area contributed by atoms with Crippen molar-refractivity contribution in [1.82, 2.24) is 24.7 Å². The summed E-state index contributed by atoms with van der Waals surface area (Å²) in [6.45, 7) is 1.82. The van der Waals surface area contributed by atoms with Crippen molar-refractivity contribution in [1.29, 1.82) is 0 Å². The molecule has 1 unspecified atom stereocenters. The molecule has 1 fully saturated rings. The first-order chi connectivity index (χ1) is 12.5. The molecule has 2 aromatic heterocycles. The molecule has 1 aliphatic carbocycles. The standard InChI is InChI=1S/C16H22N6O3S/c1-11-7-18-14(8-17-11)20-16(23)13(6-12-4-2-3-5-12)22-10-19-15(21-22)9-26(24)25/h7-8,10,12-13H,2-6,9H2,1H3,(H,24,25)(H,18,20,23)/p-1/t13-/m0/s1. The van der Waals surface area contributed by atoms with Gasteiger partial charge in [0.15, 0.2) is 11.6 Å². The number of aromatic nitrogens is 5. The van der Waals surface area contributed by atoms with Gasteiger partial charge in [-0.25, -0.2) is 14.6 Å². The van der Waals surface area contributed by atoms with Gasteiger partial charge in [0.1, 0.15) is 12.4 Å². The van der Waals surface area contributed by atoms with Crippen LogP contribution in [0.25, 0.3) is 0 Å². The number of nitrogens with one attached hydrogen (secondary N) is 1. The largest absolute Gasteiger partial charge is 0.772 e. The van der Waals surface area contributed by atoms with Gasteiger partial charge in [-0.15, -0.1) is 0 Å². The van der Waals surface area contributed by atoms with Crippen molar-refractivity contribution in [2.75, 3.05) is 5.32 Å². The molecular formula is C16H21N6O3S-. The first-order valence-electron chi connectivity index (χ1n) is 8.56. The molecule has 0 aromatic carbocycles. The quantitative estimate of drug-likeness (QED) is 0.725. The van der Waals surface area contributed by atoms with Crippen molar-refractivity contribution in [3.8, 4) is 0 Å². The number of aryl methyl sites for hydroxylation is 1. The highest BCUT2D eigenvalue weighted by atomic mass is 32.2. The highest BCUT2D eigenvalue weighted by Crippen LogP contribution is 2.32. The summed E-state index contributed by atoms with van der Waals surface area (Å²) in [5, 5.41) is 6.95. The Labute approximate surface area is 153 Å². The van der Waals surface area contributed by atoms with E-state index in [4.69, 9.17) is 0 Å². The van der Waals surface area contributed by atoms with E-state index in [1.54, 1.807) is 6.20 Å². The van der Waals surface area contributed by atoms with Crippen LogP contribution >= 0.6 is 0 Å². The van der Waals surface area contributed by atoms with Gasteiger partial charge in [0.25, 0.3) is 5.91 Å². The van der Waals surface area contributed by atoms with Gasteiger partial charge in [0.05, 0.1) is 23.8 Å². The SMILES string of the molecule is Cc1cnc(NC(=O)[C@H](CC2CCCC2)n2cnc(CS(=O)[O-])n2)cn1. The van der Waals surface area contributed by atoms with E-state index in [1.165, 1.54) is 30.0 Å². The van der Waals surface area contributed by atoms with Gasteiger partial charge >= 0.3 is 0 Å². The molecule has 9 nitrogen and oxygen atoms in total. The summed E-state index contributed by atoms with van der Waals surface area (Å²) in [6, 6.07) is -0.567. The molecule has 0 saturated heterocycles. The van der Waals surface area contributed by atoms with Crippen LogP contribution < -0.4 is 5.32 Å². The second kappa shape index (κ2) is 8.45. The van der Waals surface area contributed by atoms with Crippen LogP contribution in [-0.2, 0) is 21.6 Å². The van der Waals surface area contributed by atoms with Crippen LogP contribution in [0.5, 0.6) is 0 Å². The molecule has 140 valence electrons. The fourth-order valence-corrected chi connectivity index (χ4v) is 3.54. The second-order valence-corrected chi connectivity index (χ2v) is 7.42. The van der Waals surface area contributed by atoms with Gasteiger partial charge in [-0.3, -0.25) is 14.0 Å². The third-order valence-corrected chi connectivity index (χ3v) is 4.98. The van der Waals surface area contributed by atoms with Crippen LogP contribution in [0.3, 0.4) is 0 Å². The van der Waals surface area contributed by atoms with Crippen molar-refractivity contribution in [3.63, 3.8) is 0 Å². The van der Waals surface area contributed by atoms with E-state index in [0.29, 0.717) is 18.2 Å². The predicted molar refractivity (Wildman–Crippen MR) is 93.7 cm³/mol. The van der Waals surface area contributed by atoms with E-state index in [1.807, 2.05) is 6.92 Å². The zero-order chi connectivity index (χ0) is 18.5. The number of anilines is 1. The van der Waals surface area contributed by atoms with Crippen molar-refractivity contribution in [2.24, 2.45) is 5.92 Å². The van der Waals surface area contributed by atoms with Crippen molar-refractivity contribution >= 4 is 22.8 Å². The minimum Gasteiger partial charge on any atom is -0.772 e. The number of nitrogens with zero attached hydrogens (tertiary/aromatic N) is 5. The first-order valence-corrected chi connectivity index (χ1v) is 9.81. The van der Waals surface area contributed by atoms with Crippen LogP contribution in [0.4, 0.5) is 5.82 Å². The average Bonchev–Trinajstić information content (AvgIpc) is 3.26. The maximum absolute atomic E-state index is 12.8. The monoisotopic (exact) mass is 377 g/mol. The number of carbonyl (C=O) groups is 1. The zero-order valence-electron chi connectivity index (χ0n) is 14.5. The van der Waals surface area contributed by atoms with Gasteiger partial charge in [-0.1, -0.05) is 25.7 Å². The Morgan fingerprint density at radius 1 is 1.35 bits per heavy atom. The van der Waals surface area contributed by atoms with Gasteiger partial charge in [-0.05, 0) is 30.3 Å². The molecular weight excluding hydrogens is 356 g/mol. The normalized spacial score (nSPS) is 17.2. The van der Waals surface area contributed by atoms with Crippen molar-refractivity contribution in [3.05, 3.63) is 30.2 Å². The molecule has 2 atom stereocenters.